The molecule has 0 radical (unpaired) electrons. The highest BCUT2D eigenvalue weighted by Crippen LogP contribution is 2.63. The molecule has 0 aromatic heterocycles. The highest BCUT2D eigenvalue weighted by Gasteiger charge is 2.53. The Labute approximate surface area is 181 Å². The third kappa shape index (κ3) is 3.13. The second-order valence-electron chi connectivity index (χ2n) is 9.23. The second-order valence-corrected chi connectivity index (χ2v) is 9.23. The molecular formula is C27H25FN2O. The van der Waals surface area contributed by atoms with Crippen LogP contribution in [0.4, 0.5) is 15.8 Å². The second kappa shape index (κ2) is 7.23. The average molecular weight is 413 g/mol. The number of halogens is 1. The predicted octanol–water partition coefficient (Wildman–Crippen LogP) is 6.37. The van der Waals surface area contributed by atoms with E-state index in [1.165, 1.54) is 42.5 Å². The normalized spacial score (nSPS) is 27.8. The van der Waals surface area contributed by atoms with Crippen LogP contribution in [0.3, 0.4) is 0 Å². The molecule has 1 heterocycles. The fraction of sp³-hybridized carbons (Fsp3) is 0.296. The van der Waals surface area contributed by atoms with Gasteiger partial charge in [-0.15, -0.1) is 0 Å². The molecule has 3 aromatic carbocycles. The van der Waals surface area contributed by atoms with Crippen LogP contribution in [0.1, 0.15) is 52.7 Å². The maximum Gasteiger partial charge on any atom is 0.255 e. The molecule has 6 rings (SSSR count). The number of fused-ring (bicyclic) bond motifs is 7. The summed E-state index contributed by atoms with van der Waals surface area (Å²) in [6, 6.07) is 23.0. The van der Waals surface area contributed by atoms with Crippen molar-refractivity contribution in [2.45, 2.75) is 31.2 Å². The molecule has 0 spiro atoms. The monoisotopic (exact) mass is 412 g/mol. The fourth-order valence-corrected chi connectivity index (χ4v) is 6.35. The van der Waals surface area contributed by atoms with Gasteiger partial charge in [-0.05, 0) is 96.5 Å². The molecule has 31 heavy (non-hydrogen) atoms. The summed E-state index contributed by atoms with van der Waals surface area (Å²) in [5, 5.41) is 6.71. The van der Waals surface area contributed by atoms with E-state index in [9.17, 15) is 9.18 Å². The quantitative estimate of drug-likeness (QED) is 0.524. The Bertz CT molecular complexity index is 1130. The summed E-state index contributed by atoms with van der Waals surface area (Å²) in [4.78, 5) is 12.9. The molecule has 0 unspecified atom stereocenters. The van der Waals surface area contributed by atoms with Crippen LogP contribution in [0, 0.1) is 23.6 Å². The lowest BCUT2D eigenvalue weighted by atomic mass is 9.68. The van der Waals surface area contributed by atoms with Crippen molar-refractivity contribution in [2.75, 3.05) is 10.6 Å². The number of benzene rings is 3. The van der Waals surface area contributed by atoms with E-state index < -0.39 is 0 Å². The molecule has 2 fully saturated rings. The van der Waals surface area contributed by atoms with Crippen LogP contribution in [0.2, 0.25) is 0 Å². The molecule has 5 atom stereocenters. The Kier molecular flexibility index (Phi) is 4.34. The molecule has 3 aromatic rings. The third-order valence-corrected chi connectivity index (χ3v) is 7.61. The number of hydrogen-bond acceptors (Lipinski definition) is 2. The average Bonchev–Trinajstić information content (AvgIpc) is 3.43. The molecule has 1 aliphatic heterocycles. The SMILES string of the molecule is O=C(Nc1ccc(F)cc1)c1ccc2c(c1)[C@H]1[C@H]3CC[C@H](C3)[C@H]1[C@@H](c1ccccc1)N2. The zero-order valence-electron chi connectivity index (χ0n) is 17.2. The van der Waals surface area contributed by atoms with Gasteiger partial charge in [0.15, 0.2) is 0 Å². The van der Waals surface area contributed by atoms with E-state index in [1.807, 2.05) is 6.07 Å². The summed E-state index contributed by atoms with van der Waals surface area (Å²) < 4.78 is 13.2. The van der Waals surface area contributed by atoms with Gasteiger partial charge in [0.2, 0.25) is 0 Å². The van der Waals surface area contributed by atoms with Gasteiger partial charge in [-0.1, -0.05) is 30.3 Å². The van der Waals surface area contributed by atoms with E-state index in [-0.39, 0.29) is 11.7 Å². The van der Waals surface area contributed by atoms with Gasteiger partial charge in [-0.25, -0.2) is 4.39 Å². The standard InChI is InChI=1S/C27H25FN2O/c28-20-9-11-21(12-10-20)29-27(31)19-8-13-23-22(15-19)24-17-6-7-18(14-17)25(24)26(30-23)16-4-2-1-3-5-16/h1-5,8-13,15,17-18,24-26,30H,6-7,14H2,(H,29,31)/t17-,18+,24+,25+,26+/m0/s1. The lowest BCUT2D eigenvalue weighted by Crippen LogP contribution is -2.35. The van der Waals surface area contributed by atoms with Crippen molar-refractivity contribution in [1.82, 2.24) is 0 Å². The Morgan fingerprint density at radius 3 is 2.52 bits per heavy atom. The molecule has 2 aliphatic carbocycles. The molecule has 156 valence electrons. The van der Waals surface area contributed by atoms with Crippen molar-refractivity contribution in [1.29, 1.82) is 0 Å². The van der Waals surface area contributed by atoms with Crippen LogP contribution in [0.5, 0.6) is 0 Å². The summed E-state index contributed by atoms with van der Waals surface area (Å²) >= 11 is 0. The Hall–Kier alpha value is -3.14. The van der Waals surface area contributed by atoms with Crippen molar-refractivity contribution in [3.8, 4) is 0 Å². The first kappa shape index (κ1) is 18.6. The summed E-state index contributed by atoms with van der Waals surface area (Å²) in [5.41, 5.74) is 5.06. The van der Waals surface area contributed by atoms with Gasteiger partial charge >= 0.3 is 0 Å². The van der Waals surface area contributed by atoms with Crippen LogP contribution in [-0.4, -0.2) is 5.91 Å². The van der Waals surface area contributed by atoms with E-state index in [4.69, 9.17) is 0 Å². The lowest BCUT2D eigenvalue weighted by Gasteiger charge is -2.43. The lowest BCUT2D eigenvalue weighted by molar-refractivity contribution is 0.102. The number of rotatable bonds is 3. The van der Waals surface area contributed by atoms with Crippen LogP contribution in [0.15, 0.2) is 72.8 Å². The van der Waals surface area contributed by atoms with Crippen LogP contribution in [-0.2, 0) is 0 Å². The van der Waals surface area contributed by atoms with Gasteiger partial charge in [-0.3, -0.25) is 4.79 Å². The van der Waals surface area contributed by atoms with E-state index in [1.54, 1.807) is 12.1 Å². The number of nitrogens with one attached hydrogen (secondary N) is 2. The van der Waals surface area contributed by atoms with Crippen molar-refractivity contribution in [3.05, 3.63) is 95.3 Å². The van der Waals surface area contributed by atoms with Crippen molar-refractivity contribution < 1.29 is 9.18 Å². The van der Waals surface area contributed by atoms with Crippen molar-refractivity contribution in [3.63, 3.8) is 0 Å². The van der Waals surface area contributed by atoms with Crippen molar-refractivity contribution in [2.24, 2.45) is 17.8 Å². The van der Waals surface area contributed by atoms with E-state index in [2.05, 4.69) is 53.1 Å². The Morgan fingerprint density at radius 2 is 1.71 bits per heavy atom. The van der Waals surface area contributed by atoms with Gasteiger partial charge in [0.05, 0.1) is 6.04 Å². The molecular weight excluding hydrogens is 387 g/mol. The molecule has 3 nitrogen and oxygen atoms in total. The minimum atomic E-state index is -0.312. The maximum atomic E-state index is 13.2. The van der Waals surface area contributed by atoms with E-state index in [0.29, 0.717) is 35.0 Å². The Balaban J connectivity index is 1.34. The van der Waals surface area contributed by atoms with Gasteiger partial charge in [0.1, 0.15) is 5.82 Å². The first-order valence-corrected chi connectivity index (χ1v) is 11.2. The molecule has 4 heteroatoms. The topological polar surface area (TPSA) is 41.1 Å². The molecule has 2 bridgehead atoms. The molecule has 1 amide bonds. The van der Waals surface area contributed by atoms with Gasteiger partial charge in [-0.2, -0.15) is 0 Å². The van der Waals surface area contributed by atoms with E-state index in [0.717, 1.165) is 11.6 Å². The zero-order chi connectivity index (χ0) is 20.9. The minimum absolute atomic E-state index is 0.153. The summed E-state index contributed by atoms with van der Waals surface area (Å²) in [6.07, 6.45) is 3.90. The van der Waals surface area contributed by atoms with Gasteiger partial charge < -0.3 is 10.6 Å². The number of carbonyl (C=O) groups excluding carboxylic acids is 1. The Morgan fingerprint density at radius 1 is 0.935 bits per heavy atom. The number of anilines is 2. The first-order valence-electron chi connectivity index (χ1n) is 11.2. The maximum absolute atomic E-state index is 13.2. The number of hydrogen-bond donors (Lipinski definition) is 2. The minimum Gasteiger partial charge on any atom is -0.378 e. The van der Waals surface area contributed by atoms with Crippen LogP contribution >= 0.6 is 0 Å². The number of amides is 1. The first-order chi connectivity index (χ1) is 15.2. The zero-order valence-corrected chi connectivity index (χ0v) is 17.2. The molecule has 3 aliphatic rings. The largest absolute Gasteiger partial charge is 0.378 e. The summed E-state index contributed by atoms with van der Waals surface area (Å²) in [6.45, 7) is 0. The summed E-state index contributed by atoms with van der Waals surface area (Å²) in [5.74, 6) is 2.06. The molecule has 2 N–H and O–H groups in total. The van der Waals surface area contributed by atoms with Gasteiger partial charge in [0.25, 0.3) is 5.91 Å². The fourth-order valence-electron chi connectivity index (χ4n) is 6.35. The van der Waals surface area contributed by atoms with E-state index >= 15 is 0 Å². The van der Waals surface area contributed by atoms with Crippen molar-refractivity contribution >= 4 is 17.3 Å². The van der Waals surface area contributed by atoms with Gasteiger partial charge in [0, 0.05) is 16.9 Å². The van der Waals surface area contributed by atoms with Crippen LogP contribution in [0.25, 0.3) is 0 Å². The third-order valence-electron chi connectivity index (χ3n) is 7.61. The number of carbonyl (C=O) groups is 1. The van der Waals surface area contributed by atoms with Crippen LogP contribution < -0.4 is 10.6 Å². The molecule has 0 saturated heterocycles. The highest BCUT2D eigenvalue weighted by molar-refractivity contribution is 6.04. The highest BCUT2D eigenvalue weighted by atomic mass is 19.1. The summed E-state index contributed by atoms with van der Waals surface area (Å²) in [7, 11) is 0. The smallest absolute Gasteiger partial charge is 0.255 e. The molecule has 2 saturated carbocycles. The predicted molar refractivity (Wildman–Crippen MR) is 121 cm³/mol.